The van der Waals surface area contributed by atoms with E-state index in [4.69, 9.17) is 28.4 Å². The number of carbonyl (C=O) groups is 1. The van der Waals surface area contributed by atoms with Crippen molar-refractivity contribution in [3.8, 4) is 0 Å². The molecule has 0 aliphatic carbocycles. The molecule has 3 heterocycles. The van der Waals surface area contributed by atoms with Gasteiger partial charge in [-0.1, -0.05) is 289 Å². The summed E-state index contributed by atoms with van der Waals surface area (Å²) in [6.45, 7) is 1.61. The molecule has 3 fully saturated rings. The van der Waals surface area contributed by atoms with Crippen LogP contribution in [0.1, 0.15) is 271 Å². The minimum absolute atomic E-state index is 0.223. The Morgan fingerprint density at radius 3 is 1.09 bits per heavy atom. The Hall–Kier alpha value is -3.81. The van der Waals surface area contributed by atoms with Crippen molar-refractivity contribution in [3.05, 3.63) is 122 Å². The molecule has 19 heteroatoms. The van der Waals surface area contributed by atoms with Crippen molar-refractivity contribution < 1.29 is 89.4 Å². The highest BCUT2D eigenvalue weighted by atomic mass is 16.8. The molecule has 103 heavy (non-hydrogen) atoms. The number of hydrogen-bond acceptors (Lipinski definition) is 18. The van der Waals surface area contributed by atoms with Crippen LogP contribution in [-0.4, -0.2) is 193 Å². The molecule has 3 saturated heterocycles. The Kier molecular flexibility index (Phi) is 57.3. The number of rotatable bonds is 62. The van der Waals surface area contributed by atoms with Gasteiger partial charge in [0.25, 0.3) is 0 Å². The number of carbonyl (C=O) groups excluding carboxylic acids is 1. The molecule has 0 bridgehead atoms. The predicted octanol–water partition coefficient (Wildman–Crippen LogP) is 13.5. The molecule has 0 aromatic carbocycles. The van der Waals surface area contributed by atoms with Gasteiger partial charge in [0, 0.05) is 6.42 Å². The number of aliphatic hydroxyl groups excluding tert-OH is 11. The van der Waals surface area contributed by atoms with E-state index < -0.39 is 124 Å². The number of hydrogen-bond donors (Lipinski definition) is 12. The van der Waals surface area contributed by atoms with Crippen molar-refractivity contribution in [2.24, 2.45) is 0 Å². The van der Waals surface area contributed by atoms with Gasteiger partial charge in [0.15, 0.2) is 18.9 Å². The molecule has 3 rings (SSSR count). The van der Waals surface area contributed by atoms with Crippen LogP contribution in [0.3, 0.4) is 0 Å². The van der Waals surface area contributed by atoms with Crippen LogP contribution >= 0.6 is 0 Å². The number of amides is 1. The maximum absolute atomic E-state index is 13.5. The van der Waals surface area contributed by atoms with Crippen molar-refractivity contribution in [3.63, 3.8) is 0 Å². The largest absolute Gasteiger partial charge is 0.394 e. The summed E-state index contributed by atoms with van der Waals surface area (Å²) in [4.78, 5) is 13.5. The number of allylic oxidation sites excluding steroid dienone is 19. The minimum atomic E-state index is -1.99. The minimum Gasteiger partial charge on any atom is -0.394 e. The molecule has 0 spiro atoms. The number of nitrogens with one attached hydrogen (secondary N) is 1. The summed E-state index contributed by atoms with van der Waals surface area (Å²) in [5.74, 6) is -0.293. The smallest absolute Gasteiger partial charge is 0.220 e. The zero-order valence-corrected chi connectivity index (χ0v) is 63.3. The third-order valence-electron chi connectivity index (χ3n) is 19.2. The fourth-order valence-corrected chi connectivity index (χ4v) is 12.8. The van der Waals surface area contributed by atoms with Crippen LogP contribution in [0.2, 0.25) is 0 Å². The summed E-state index contributed by atoms with van der Waals surface area (Å²) in [6.07, 6.45) is 61.7. The molecule has 0 aromatic rings. The topological polar surface area (TPSA) is 307 Å². The molecule has 592 valence electrons. The zero-order chi connectivity index (χ0) is 74.6. The summed E-state index contributed by atoms with van der Waals surface area (Å²) in [6, 6.07) is -1.00. The predicted molar refractivity (Wildman–Crippen MR) is 410 cm³/mol. The highest BCUT2D eigenvalue weighted by Gasteiger charge is 2.54. The second-order valence-electron chi connectivity index (χ2n) is 28.1. The van der Waals surface area contributed by atoms with Gasteiger partial charge in [-0.2, -0.15) is 0 Å². The van der Waals surface area contributed by atoms with Gasteiger partial charge in [-0.25, -0.2) is 0 Å². The summed E-state index contributed by atoms with van der Waals surface area (Å²) in [5.41, 5.74) is 0. The molecule has 3 aliphatic heterocycles. The Morgan fingerprint density at radius 1 is 0.359 bits per heavy atom. The van der Waals surface area contributed by atoms with Crippen LogP contribution in [0.4, 0.5) is 0 Å². The molecule has 1 amide bonds. The van der Waals surface area contributed by atoms with E-state index in [-0.39, 0.29) is 18.9 Å². The Morgan fingerprint density at radius 2 is 0.680 bits per heavy atom. The molecule has 0 aromatic heterocycles. The highest BCUT2D eigenvalue weighted by Crippen LogP contribution is 2.33. The first-order chi connectivity index (χ1) is 50.3. The van der Waals surface area contributed by atoms with E-state index in [0.29, 0.717) is 12.8 Å². The van der Waals surface area contributed by atoms with Crippen molar-refractivity contribution in [1.82, 2.24) is 5.32 Å². The van der Waals surface area contributed by atoms with Gasteiger partial charge >= 0.3 is 0 Å². The monoisotopic (exact) mass is 1450 g/mol. The lowest BCUT2D eigenvalue weighted by Crippen LogP contribution is -2.66. The van der Waals surface area contributed by atoms with E-state index in [9.17, 15) is 61.0 Å². The normalized spacial score (nSPS) is 26.7. The van der Waals surface area contributed by atoms with Gasteiger partial charge in [0.05, 0.1) is 38.6 Å². The zero-order valence-electron chi connectivity index (χ0n) is 63.3. The molecule has 17 atom stereocenters. The molecule has 12 N–H and O–H groups in total. The van der Waals surface area contributed by atoms with Crippen LogP contribution in [0.25, 0.3) is 0 Å². The lowest BCUT2D eigenvalue weighted by Gasteiger charge is -2.48. The van der Waals surface area contributed by atoms with E-state index >= 15 is 0 Å². The van der Waals surface area contributed by atoms with Gasteiger partial charge in [-0.05, 0) is 96.3 Å². The van der Waals surface area contributed by atoms with Gasteiger partial charge in [-0.3, -0.25) is 4.79 Å². The summed E-state index contributed by atoms with van der Waals surface area (Å²) in [5, 5.41) is 121. The first kappa shape index (κ1) is 93.4. The van der Waals surface area contributed by atoms with Crippen molar-refractivity contribution in [1.29, 1.82) is 0 Å². The SMILES string of the molecule is CC/C=C\C/C=C\C/C=C\C/C=C\C/C=C\C/C=C\C/C=C\C/C=C\CCCCCCCCCCCCC(=O)NC(COC1OC(CO)C(OC2OC(CO)C(OC3OC(CO)C(O)C(O)C3O)C(O)C2O)C(O)C1O)C(O)/C=C/CC/C=C/CCCCCCCCCCCCCCCCCCC. The Balaban J connectivity index is 1.38. The van der Waals surface area contributed by atoms with Crippen molar-refractivity contribution in [2.45, 2.75) is 375 Å². The molecule has 3 aliphatic rings. The van der Waals surface area contributed by atoms with E-state index in [1.165, 1.54) is 135 Å². The van der Waals surface area contributed by atoms with Gasteiger partial charge in [0.1, 0.15) is 73.2 Å². The Labute approximate surface area is 620 Å². The average Bonchev–Trinajstić information content (AvgIpc) is 0.781. The second-order valence-corrected chi connectivity index (χ2v) is 28.1. The van der Waals surface area contributed by atoms with Crippen LogP contribution in [0.15, 0.2) is 122 Å². The first-order valence-corrected chi connectivity index (χ1v) is 40.3. The van der Waals surface area contributed by atoms with E-state index in [2.05, 4.69) is 129 Å². The highest BCUT2D eigenvalue weighted by molar-refractivity contribution is 5.76. The Bertz CT molecular complexity index is 2330. The third kappa shape index (κ3) is 43.1. The van der Waals surface area contributed by atoms with Gasteiger partial charge < -0.3 is 89.9 Å². The number of aliphatic hydroxyl groups is 11. The maximum atomic E-state index is 13.5. The summed E-state index contributed by atoms with van der Waals surface area (Å²) >= 11 is 0. The van der Waals surface area contributed by atoms with E-state index in [0.717, 1.165) is 103 Å². The number of ether oxygens (including phenoxy) is 6. The molecular weight excluding hydrogens is 1310 g/mol. The van der Waals surface area contributed by atoms with E-state index in [1.54, 1.807) is 6.08 Å². The molecular formula is C84H143NO18. The standard InChI is InChI=1S/C84H143NO18/c1-3-5-7-9-11-13-15-17-19-21-23-25-27-28-29-30-31-32-33-34-35-36-37-38-40-42-44-46-48-50-52-54-56-58-60-62-72(90)85-67(68(89)61-59-57-55-53-51-49-47-45-43-41-39-26-24-22-20-18-16-14-12-10-8-6-4-2)66-98-82-78(96)75(93)80(70(64-87)100-82)103-84-79(97)76(94)81(71(65-88)101-84)102-83-77(95)74(92)73(91)69(63-86)99-83/h5,7,11,13,17,19,23,25,28-29,31-32,34-35,37-38,51,53,59,61,67-71,73-84,86-89,91-97H,3-4,6,8-10,12,14-16,18,20-22,24,26-27,30,33,36,39-50,52,54-58,60,62-66H2,1-2H3,(H,85,90)/b7-5-,13-11-,19-17-,25-23-,29-28-,32-31-,35-34-,38-37-,53-51+,61-59+. The first-order valence-electron chi connectivity index (χ1n) is 40.3. The quantitative estimate of drug-likeness (QED) is 0.0199. The second kappa shape index (κ2) is 63.2. The summed E-state index contributed by atoms with van der Waals surface area (Å²) in [7, 11) is 0. The van der Waals surface area contributed by atoms with E-state index in [1.807, 2.05) is 6.08 Å². The fraction of sp³-hybridized carbons (Fsp3) is 0.750. The summed E-state index contributed by atoms with van der Waals surface area (Å²) < 4.78 is 34.4. The maximum Gasteiger partial charge on any atom is 0.220 e. The molecule has 17 unspecified atom stereocenters. The average molecular weight is 1460 g/mol. The van der Waals surface area contributed by atoms with Crippen molar-refractivity contribution in [2.75, 3.05) is 26.4 Å². The molecule has 0 saturated carbocycles. The molecule has 0 radical (unpaired) electrons. The lowest BCUT2D eigenvalue weighted by molar-refractivity contribution is -0.379. The van der Waals surface area contributed by atoms with Crippen LogP contribution < -0.4 is 5.32 Å². The third-order valence-corrected chi connectivity index (χ3v) is 19.2. The van der Waals surface area contributed by atoms with Gasteiger partial charge in [0.2, 0.25) is 5.91 Å². The van der Waals surface area contributed by atoms with Crippen molar-refractivity contribution >= 4 is 5.91 Å². The fourth-order valence-electron chi connectivity index (χ4n) is 12.8. The molecule has 19 nitrogen and oxygen atoms in total. The van der Waals surface area contributed by atoms with Gasteiger partial charge in [-0.15, -0.1) is 0 Å². The van der Waals surface area contributed by atoms with Crippen LogP contribution in [0.5, 0.6) is 0 Å². The van der Waals surface area contributed by atoms with Crippen LogP contribution in [-0.2, 0) is 33.2 Å². The number of unbranched alkanes of at least 4 members (excludes halogenated alkanes) is 28. The van der Waals surface area contributed by atoms with Crippen LogP contribution in [0, 0.1) is 0 Å². The lowest BCUT2D eigenvalue weighted by atomic mass is 9.96.